The van der Waals surface area contributed by atoms with Crippen LogP contribution in [-0.4, -0.2) is 76.3 Å². The van der Waals surface area contributed by atoms with Gasteiger partial charge in [-0.1, -0.05) is 41.3 Å². The molecule has 5 aromatic rings. The number of halogens is 1. The van der Waals surface area contributed by atoms with Crippen LogP contribution in [0.3, 0.4) is 0 Å². The Labute approximate surface area is 249 Å². The standard InChI is InChI=1S/C29H29FN7O3S2/c1-17-15-39-26-23-19(13-21(30)24(26)35-9-11-37(2,3)12-10-35)25(38)20(14-36(17)23)28-33-34-29(42-28)41-16-22-31-32-27(40-22)18-7-5-4-6-8-18/h4-8,13-14,17H,9-12,15-16H2,1-3H3/q+1/t17-/m0/s1. The van der Waals surface area contributed by atoms with Crippen molar-refractivity contribution in [1.29, 1.82) is 0 Å². The fourth-order valence-electron chi connectivity index (χ4n) is 5.40. The number of benzene rings is 2. The number of ether oxygens (including phenoxy) is 1. The van der Waals surface area contributed by atoms with Gasteiger partial charge >= 0.3 is 0 Å². The summed E-state index contributed by atoms with van der Waals surface area (Å²) < 4.78 is 31.3. The maximum absolute atomic E-state index is 15.8. The molecule has 0 radical (unpaired) electrons. The predicted molar refractivity (Wildman–Crippen MR) is 161 cm³/mol. The Hall–Kier alpha value is -3.81. The molecule has 2 aliphatic rings. The zero-order valence-electron chi connectivity index (χ0n) is 23.4. The normalized spacial score (nSPS) is 17.9. The van der Waals surface area contributed by atoms with Crippen molar-refractivity contribution in [1.82, 2.24) is 25.0 Å². The van der Waals surface area contributed by atoms with Crippen LogP contribution in [-0.2, 0) is 5.75 Å². The topological polar surface area (TPSA) is 99.2 Å². The molecule has 0 spiro atoms. The largest absolute Gasteiger partial charge is 0.487 e. The van der Waals surface area contributed by atoms with Crippen LogP contribution in [0.25, 0.3) is 32.9 Å². The average Bonchev–Trinajstić information content (AvgIpc) is 3.66. The van der Waals surface area contributed by atoms with Gasteiger partial charge in [-0.05, 0) is 25.1 Å². The summed E-state index contributed by atoms with van der Waals surface area (Å²) in [6, 6.07) is 10.9. The molecule has 5 heterocycles. The molecule has 7 rings (SSSR count). The first-order valence-electron chi connectivity index (χ1n) is 13.7. The minimum Gasteiger partial charge on any atom is -0.487 e. The van der Waals surface area contributed by atoms with E-state index in [4.69, 9.17) is 9.15 Å². The van der Waals surface area contributed by atoms with E-state index in [0.717, 1.165) is 23.1 Å². The van der Waals surface area contributed by atoms with Gasteiger partial charge in [0.15, 0.2) is 26.3 Å². The molecular formula is C29H29FN7O3S2+. The molecule has 0 amide bonds. The Kier molecular flexibility index (Phi) is 6.75. The second kappa shape index (κ2) is 10.5. The summed E-state index contributed by atoms with van der Waals surface area (Å²) in [7, 11) is 4.36. The Bertz CT molecular complexity index is 1840. The molecule has 10 nitrogen and oxygen atoms in total. The zero-order valence-corrected chi connectivity index (χ0v) is 25.0. The van der Waals surface area contributed by atoms with Crippen LogP contribution in [0.2, 0.25) is 0 Å². The highest BCUT2D eigenvalue weighted by atomic mass is 32.2. The van der Waals surface area contributed by atoms with Gasteiger partial charge in [0.05, 0.1) is 68.5 Å². The molecule has 13 heteroatoms. The predicted octanol–water partition coefficient (Wildman–Crippen LogP) is 4.85. The highest BCUT2D eigenvalue weighted by Crippen LogP contribution is 2.43. The number of aromatic nitrogens is 5. The fourth-order valence-corrected chi connectivity index (χ4v) is 7.09. The van der Waals surface area contributed by atoms with Crippen molar-refractivity contribution < 1.29 is 18.0 Å². The summed E-state index contributed by atoms with van der Waals surface area (Å²) >= 11 is 2.71. The van der Waals surface area contributed by atoms with E-state index in [1.807, 2.05) is 52.9 Å². The Morgan fingerprint density at radius 1 is 1.12 bits per heavy atom. The molecule has 2 aromatic carbocycles. The average molecular weight is 607 g/mol. The van der Waals surface area contributed by atoms with Crippen molar-refractivity contribution in [3.05, 3.63) is 64.5 Å². The molecule has 0 unspecified atom stereocenters. The van der Waals surface area contributed by atoms with E-state index < -0.39 is 5.82 Å². The van der Waals surface area contributed by atoms with Crippen LogP contribution in [0.15, 0.2) is 56.1 Å². The molecule has 3 aromatic heterocycles. The quantitative estimate of drug-likeness (QED) is 0.198. The number of hydrogen-bond acceptors (Lipinski definition) is 10. The maximum Gasteiger partial charge on any atom is 0.247 e. The van der Waals surface area contributed by atoms with E-state index >= 15 is 4.39 Å². The van der Waals surface area contributed by atoms with E-state index in [-0.39, 0.29) is 16.9 Å². The van der Waals surface area contributed by atoms with Crippen LogP contribution in [0, 0.1) is 5.82 Å². The van der Waals surface area contributed by atoms with Crippen LogP contribution >= 0.6 is 23.1 Å². The van der Waals surface area contributed by atoms with E-state index in [9.17, 15) is 4.79 Å². The van der Waals surface area contributed by atoms with E-state index in [1.54, 1.807) is 0 Å². The van der Waals surface area contributed by atoms with Gasteiger partial charge in [0, 0.05) is 11.8 Å². The third-order valence-corrected chi connectivity index (χ3v) is 9.93. The molecule has 216 valence electrons. The van der Waals surface area contributed by atoms with Crippen molar-refractivity contribution in [2.45, 2.75) is 23.1 Å². The Morgan fingerprint density at radius 2 is 1.90 bits per heavy atom. The number of rotatable bonds is 6. The minimum atomic E-state index is -0.442. The Morgan fingerprint density at radius 3 is 2.69 bits per heavy atom. The fraction of sp³-hybridized carbons (Fsp3) is 0.345. The summed E-state index contributed by atoms with van der Waals surface area (Å²) in [6.07, 6.45) is 1.82. The smallest absolute Gasteiger partial charge is 0.247 e. The summed E-state index contributed by atoms with van der Waals surface area (Å²) in [5, 5.41) is 17.6. The van der Waals surface area contributed by atoms with Gasteiger partial charge in [0.2, 0.25) is 11.8 Å². The molecule has 2 aliphatic heterocycles. The van der Waals surface area contributed by atoms with Gasteiger partial charge in [-0.2, -0.15) is 0 Å². The van der Waals surface area contributed by atoms with Crippen molar-refractivity contribution >= 4 is 39.7 Å². The van der Waals surface area contributed by atoms with E-state index in [1.165, 1.54) is 29.2 Å². The van der Waals surface area contributed by atoms with Crippen molar-refractivity contribution in [2.75, 3.05) is 51.8 Å². The first-order chi connectivity index (χ1) is 20.3. The highest BCUT2D eigenvalue weighted by molar-refractivity contribution is 8.00. The summed E-state index contributed by atoms with van der Waals surface area (Å²) in [4.78, 5) is 15.8. The second-order valence-electron chi connectivity index (χ2n) is 11.3. The lowest BCUT2D eigenvalue weighted by atomic mass is 10.1. The lowest BCUT2D eigenvalue weighted by Gasteiger charge is -2.41. The maximum atomic E-state index is 15.8. The number of thioether (sulfide) groups is 1. The number of anilines is 1. The van der Waals surface area contributed by atoms with Gasteiger partial charge in [0.1, 0.15) is 12.3 Å². The molecule has 0 aliphatic carbocycles. The molecule has 1 saturated heterocycles. The van der Waals surface area contributed by atoms with Gasteiger partial charge in [-0.15, -0.1) is 20.4 Å². The number of quaternary nitrogens is 1. The second-order valence-corrected chi connectivity index (χ2v) is 13.5. The number of pyridine rings is 1. The number of nitrogens with zero attached hydrogens (tertiary/aromatic N) is 7. The first-order valence-corrected chi connectivity index (χ1v) is 15.5. The van der Waals surface area contributed by atoms with Crippen molar-refractivity contribution in [3.8, 4) is 27.8 Å². The third-order valence-electron chi connectivity index (χ3n) is 7.85. The molecule has 0 saturated carbocycles. The van der Waals surface area contributed by atoms with Gasteiger partial charge < -0.3 is 23.1 Å². The first kappa shape index (κ1) is 27.0. The molecular weight excluding hydrogens is 577 g/mol. The summed E-state index contributed by atoms with van der Waals surface area (Å²) in [5.41, 5.74) is 2.02. The number of likely N-dealkylation sites (N-methyl/N-ethyl adjacent to an activating group) is 1. The zero-order chi connectivity index (χ0) is 29.0. The molecule has 1 atom stereocenters. The Balaban J connectivity index is 1.19. The SMILES string of the molecule is C[C@H]1COc2c(N3CC[N+](C)(C)CC3)c(F)cc3c(=O)c(-c4nnc(SCc5nnc(-c6ccccc6)o5)s4)cn1c23. The third kappa shape index (κ3) is 4.84. The number of hydrogen-bond donors (Lipinski definition) is 0. The van der Waals surface area contributed by atoms with Gasteiger partial charge in [-0.25, -0.2) is 4.39 Å². The van der Waals surface area contributed by atoms with Crippen LogP contribution < -0.4 is 15.1 Å². The van der Waals surface area contributed by atoms with Crippen LogP contribution in [0.5, 0.6) is 5.75 Å². The molecule has 42 heavy (non-hydrogen) atoms. The van der Waals surface area contributed by atoms with Gasteiger partial charge in [-0.3, -0.25) is 4.79 Å². The van der Waals surface area contributed by atoms with Crippen LogP contribution in [0.4, 0.5) is 10.1 Å². The molecule has 1 fully saturated rings. The summed E-state index contributed by atoms with van der Waals surface area (Å²) in [6.45, 7) is 5.63. The molecule has 0 N–H and O–H groups in total. The van der Waals surface area contributed by atoms with Crippen molar-refractivity contribution in [3.63, 3.8) is 0 Å². The van der Waals surface area contributed by atoms with E-state index in [2.05, 4.69) is 34.5 Å². The molecule has 0 bridgehead atoms. The van der Waals surface area contributed by atoms with Crippen LogP contribution in [0.1, 0.15) is 18.9 Å². The lowest BCUT2D eigenvalue weighted by Crippen LogP contribution is -2.55. The summed E-state index contributed by atoms with van der Waals surface area (Å²) in [5.74, 6) is 1.34. The number of piperazine rings is 1. The minimum absolute atomic E-state index is 0.0484. The van der Waals surface area contributed by atoms with E-state index in [0.29, 0.717) is 69.1 Å². The lowest BCUT2D eigenvalue weighted by molar-refractivity contribution is -0.890. The van der Waals surface area contributed by atoms with Gasteiger partial charge in [0.25, 0.3) is 0 Å². The monoisotopic (exact) mass is 606 g/mol. The van der Waals surface area contributed by atoms with Crippen molar-refractivity contribution in [2.24, 2.45) is 0 Å². The highest BCUT2D eigenvalue weighted by Gasteiger charge is 2.33.